The van der Waals surface area contributed by atoms with Crippen molar-refractivity contribution in [2.24, 2.45) is 0 Å². The lowest BCUT2D eigenvalue weighted by atomic mass is 10.1. The third-order valence-electron chi connectivity index (χ3n) is 2.22. The Morgan fingerprint density at radius 3 is 2.69 bits per heavy atom. The van der Waals surface area contributed by atoms with Gasteiger partial charge in [0.05, 0.1) is 5.75 Å². The van der Waals surface area contributed by atoms with E-state index in [-0.39, 0.29) is 0 Å². The standard InChI is InChI=1S/C12H21N3S/c1-5-6-16-8-12-14-10(9(2)3)7-11(13-4)15-12/h7,9H,5-6,8H2,1-4H3,(H,13,14,15). The molecule has 1 aromatic heterocycles. The molecule has 0 aliphatic heterocycles. The monoisotopic (exact) mass is 239 g/mol. The Bertz CT molecular complexity index is 326. The molecule has 1 N–H and O–H groups in total. The van der Waals surface area contributed by atoms with Gasteiger partial charge in [-0.3, -0.25) is 0 Å². The quantitative estimate of drug-likeness (QED) is 0.773. The first-order chi connectivity index (χ1) is 7.67. The van der Waals surface area contributed by atoms with Gasteiger partial charge in [0.25, 0.3) is 0 Å². The lowest BCUT2D eigenvalue weighted by Crippen LogP contribution is -2.04. The van der Waals surface area contributed by atoms with E-state index < -0.39 is 0 Å². The van der Waals surface area contributed by atoms with Crippen LogP contribution in [-0.2, 0) is 5.75 Å². The summed E-state index contributed by atoms with van der Waals surface area (Å²) < 4.78 is 0. The fourth-order valence-corrected chi connectivity index (χ4v) is 2.06. The highest BCUT2D eigenvalue weighted by atomic mass is 32.2. The molecule has 0 aliphatic rings. The van der Waals surface area contributed by atoms with E-state index in [4.69, 9.17) is 0 Å². The van der Waals surface area contributed by atoms with Crippen molar-refractivity contribution >= 4 is 17.6 Å². The van der Waals surface area contributed by atoms with Gasteiger partial charge in [-0.2, -0.15) is 11.8 Å². The molecule has 0 aromatic carbocycles. The molecule has 90 valence electrons. The second-order valence-electron chi connectivity index (χ2n) is 4.05. The summed E-state index contributed by atoms with van der Waals surface area (Å²) in [7, 11) is 1.90. The Balaban J connectivity index is 2.78. The summed E-state index contributed by atoms with van der Waals surface area (Å²) >= 11 is 1.89. The van der Waals surface area contributed by atoms with Crippen molar-refractivity contribution in [3.05, 3.63) is 17.6 Å². The van der Waals surface area contributed by atoms with Crippen molar-refractivity contribution < 1.29 is 0 Å². The first-order valence-corrected chi connectivity index (χ1v) is 6.96. The predicted octanol–water partition coefficient (Wildman–Crippen LogP) is 3.28. The average Bonchev–Trinajstić information content (AvgIpc) is 2.29. The van der Waals surface area contributed by atoms with Gasteiger partial charge in [-0.25, -0.2) is 9.97 Å². The van der Waals surface area contributed by atoms with Crippen LogP contribution in [0.1, 0.15) is 44.6 Å². The highest BCUT2D eigenvalue weighted by molar-refractivity contribution is 7.98. The number of aromatic nitrogens is 2. The summed E-state index contributed by atoms with van der Waals surface area (Å²) in [6, 6.07) is 2.03. The lowest BCUT2D eigenvalue weighted by molar-refractivity contribution is 0.800. The smallest absolute Gasteiger partial charge is 0.140 e. The second kappa shape index (κ2) is 6.74. The van der Waals surface area contributed by atoms with E-state index in [1.54, 1.807) is 0 Å². The maximum atomic E-state index is 4.58. The molecular weight excluding hydrogens is 218 g/mol. The first-order valence-electron chi connectivity index (χ1n) is 5.80. The molecule has 0 saturated heterocycles. The van der Waals surface area contributed by atoms with Crippen molar-refractivity contribution in [3.63, 3.8) is 0 Å². The van der Waals surface area contributed by atoms with Crippen LogP contribution in [0.4, 0.5) is 5.82 Å². The molecule has 0 atom stereocenters. The zero-order valence-corrected chi connectivity index (χ0v) is 11.4. The third kappa shape index (κ3) is 4.00. The largest absolute Gasteiger partial charge is 0.373 e. The minimum absolute atomic E-state index is 0.449. The average molecular weight is 239 g/mol. The number of rotatable bonds is 6. The Labute approximate surface area is 102 Å². The second-order valence-corrected chi connectivity index (χ2v) is 5.16. The Kier molecular flexibility index (Phi) is 5.60. The lowest BCUT2D eigenvalue weighted by Gasteiger charge is -2.09. The van der Waals surface area contributed by atoms with Gasteiger partial charge >= 0.3 is 0 Å². The summed E-state index contributed by atoms with van der Waals surface area (Å²) in [4.78, 5) is 9.04. The molecule has 3 nitrogen and oxygen atoms in total. The molecule has 1 aromatic rings. The molecule has 0 fully saturated rings. The molecule has 0 radical (unpaired) electrons. The summed E-state index contributed by atoms with van der Waals surface area (Å²) in [5, 5.41) is 3.09. The topological polar surface area (TPSA) is 37.8 Å². The normalized spacial score (nSPS) is 10.8. The van der Waals surface area contributed by atoms with Crippen molar-refractivity contribution in [1.82, 2.24) is 9.97 Å². The summed E-state index contributed by atoms with van der Waals surface area (Å²) in [6.07, 6.45) is 1.20. The number of nitrogens with one attached hydrogen (secondary N) is 1. The van der Waals surface area contributed by atoms with E-state index in [0.29, 0.717) is 5.92 Å². The fourth-order valence-electron chi connectivity index (χ4n) is 1.31. The Morgan fingerprint density at radius 2 is 2.12 bits per heavy atom. The summed E-state index contributed by atoms with van der Waals surface area (Å²) in [6.45, 7) is 6.51. The minimum Gasteiger partial charge on any atom is -0.373 e. The maximum absolute atomic E-state index is 4.58. The molecular formula is C12H21N3S. The van der Waals surface area contributed by atoms with Crippen LogP contribution in [0.25, 0.3) is 0 Å². The minimum atomic E-state index is 0.449. The van der Waals surface area contributed by atoms with Crippen LogP contribution >= 0.6 is 11.8 Å². The summed E-state index contributed by atoms with van der Waals surface area (Å²) in [5.41, 5.74) is 1.12. The van der Waals surface area contributed by atoms with E-state index in [0.717, 1.165) is 23.1 Å². The number of hydrogen-bond donors (Lipinski definition) is 1. The first kappa shape index (κ1) is 13.3. The molecule has 4 heteroatoms. The van der Waals surface area contributed by atoms with Crippen LogP contribution in [0.3, 0.4) is 0 Å². The molecule has 1 rings (SSSR count). The van der Waals surface area contributed by atoms with Gasteiger partial charge in [-0.05, 0) is 18.1 Å². The van der Waals surface area contributed by atoms with Gasteiger partial charge in [-0.1, -0.05) is 20.8 Å². The van der Waals surface area contributed by atoms with Crippen molar-refractivity contribution in [1.29, 1.82) is 0 Å². The van der Waals surface area contributed by atoms with Gasteiger partial charge in [0.15, 0.2) is 0 Å². The highest BCUT2D eigenvalue weighted by Crippen LogP contribution is 2.18. The number of hydrogen-bond acceptors (Lipinski definition) is 4. The molecule has 0 unspecified atom stereocenters. The number of nitrogens with zero attached hydrogens (tertiary/aromatic N) is 2. The van der Waals surface area contributed by atoms with Crippen LogP contribution < -0.4 is 5.32 Å². The van der Waals surface area contributed by atoms with E-state index in [1.165, 1.54) is 12.2 Å². The van der Waals surface area contributed by atoms with Crippen LogP contribution in [-0.4, -0.2) is 22.8 Å². The summed E-state index contributed by atoms with van der Waals surface area (Å²) in [5.74, 6) is 4.39. The zero-order valence-electron chi connectivity index (χ0n) is 10.6. The van der Waals surface area contributed by atoms with Crippen molar-refractivity contribution in [2.45, 2.75) is 38.9 Å². The van der Waals surface area contributed by atoms with E-state index in [9.17, 15) is 0 Å². The SMILES string of the molecule is CCCSCc1nc(NC)cc(C(C)C)n1. The molecule has 16 heavy (non-hydrogen) atoms. The highest BCUT2D eigenvalue weighted by Gasteiger charge is 2.06. The molecule has 0 saturated carbocycles. The maximum Gasteiger partial charge on any atom is 0.140 e. The van der Waals surface area contributed by atoms with Crippen molar-refractivity contribution in [2.75, 3.05) is 18.1 Å². The molecule has 0 aliphatic carbocycles. The van der Waals surface area contributed by atoms with Crippen LogP contribution in [0.15, 0.2) is 6.07 Å². The Morgan fingerprint density at radius 1 is 1.38 bits per heavy atom. The zero-order chi connectivity index (χ0) is 12.0. The van der Waals surface area contributed by atoms with Gasteiger partial charge in [-0.15, -0.1) is 0 Å². The van der Waals surface area contributed by atoms with Crippen LogP contribution in [0.2, 0.25) is 0 Å². The van der Waals surface area contributed by atoms with Gasteiger partial charge in [0, 0.05) is 18.8 Å². The fraction of sp³-hybridized carbons (Fsp3) is 0.667. The van der Waals surface area contributed by atoms with Gasteiger partial charge in [0.2, 0.25) is 0 Å². The molecule has 0 bridgehead atoms. The van der Waals surface area contributed by atoms with Gasteiger partial charge < -0.3 is 5.32 Å². The predicted molar refractivity (Wildman–Crippen MR) is 72.1 cm³/mol. The molecule has 1 heterocycles. The van der Waals surface area contributed by atoms with E-state index in [2.05, 4.69) is 36.1 Å². The Hall–Kier alpha value is -0.770. The molecule has 0 spiro atoms. The van der Waals surface area contributed by atoms with Gasteiger partial charge in [0.1, 0.15) is 11.6 Å². The number of thioether (sulfide) groups is 1. The van der Waals surface area contributed by atoms with Crippen LogP contribution in [0.5, 0.6) is 0 Å². The number of anilines is 1. The third-order valence-corrected chi connectivity index (χ3v) is 3.38. The molecule has 0 amide bonds. The van der Waals surface area contributed by atoms with E-state index >= 15 is 0 Å². The van der Waals surface area contributed by atoms with E-state index in [1.807, 2.05) is 24.9 Å². The van der Waals surface area contributed by atoms with Crippen LogP contribution in [0, 0.1) is 0 Å². The van der Waals surface area contributed by atoms with Crippen molar-refractivity contribution in [3.8, 4) is 0 Å².